The molecule has 0 aromatic heterocycles. The number of amides is 1. The van der Waals surface area contributed by atoms with Gasteiger partial charge in [-0.2, -0.15) is 0 Å². The van der Waals surface area contributed by atoms with Gasteiger partial charge in [-0.05, 0) is 45.9 Å². The smallest absolute Gasteiger partial charge is 0.317 e. The first kappa shape index (κ1) is 19.4. The van der Waals surface area contributed by atoms with Crippen LogP contribution in [0.3, 0.4) is 0 Å². The number of carboxylic acids is 1. The molecule has 1 N–H and O–H groups in total. The van der Waals surface area contributed by atoms with Crippen molar-refractivity contribution in [3.63, 3.8) is 0 Å². The summed E-state index contributed by atoms with van der Waals surface area (Å²) in [5, 5.41) is 8.90. The van der Waals surface area contributed by atoms with Gasteiger partial charge in [0.1, 0.15) is 0 Å². The van der Waals surface area contributed by atoms with Gasteiger partial charge in [-0.15, -0.1) is 0 Å². The molecule has 0 saturated carbocycles. The molecule has 0 bridgehead atoms. The number of para-hydroxylation sites is 1. The van der Waals surface area contributed by atoms with Gasteiger partial charge in [0.2, 0.25) is 5.91 Å². The van der Waals surface area contributed by atoms with Gasteiger partial charge >= 0.3 is 5.97 Å². The van der Waals surface area contributed by atoms with Crippen LogP contribution < -0.4 is 4.90 Å². The molecule has 1 fully saturated rings. The highest BCUT2D eigenvalue weighted by Crippen LogP contribution is 2.19. The van der Waals surface area contributed by atoms with E-state index >= 15 is 0 Å². The lowest BCUT2D eigenvalue weighted by Crippen LogP contribution is -2.49. The molecule has 0 atom stereocenters. The zero-order valence-corrected chi connectivity index (χ0v) is 15.4. The summed E-state index contributed by atoms with van der Waals surface area (Å²) in [7, 11) is 1.86. The largest absolute Gasteiger partial charge is 0.480 e. The maximum Gasteiger partial charge on any atom is 0.317 e. The molecule has 0 aliphatic carbocycles. The lowest BCUT2D eigenvalue weighted by molar-refractivity contribution is -0.138. The molecule has 1 aromatic carbocycles. The molecule has 0 spiro atoms. The highest BCUT2D eigenvalue weighted by atomic mass is 16.4. The summed E-state index contributed by atoms with van der Waals surface area (Å²) in [4.78, 5) is 29.6. The van der Waals surface area contributed by atoms with Gasteiger partial charge in [0, 0.05) is 30.9 Å². The van der Waals surface area contributed by atoms with E-state index in [-0.39, 0.29) is 24.5 Å². The number of hydrogen-bond donors (Lipinski definition) is 1. The molecular weight excluding hydrogens is 318 g/mol. The fraction of sp³-hybridized carbons (Fsp3) is 0.579. The number of likely N-dealkylation sites (tertiary alicyclic amines) is 1. The number of benzene rings is 1. The lowest BCUT2D eigenvalue weighted by atomic mass is 10.0. The van der Waals surface area contributed by atoms with Crippen LogP contribution in [0.4, 0.5) is 5.69 Å². The average molecular weight is 347 g/mol. The Hall–Kier alpha value is -1.92. The Kier molecular flexibility index (Phi) is 6.96. The van der Waals surface area contributed by atoms with Gasteiger partial charge in [-0.1, -0.05) is 18.2 Å². The Bertz CT molecular complexity index is 569. The van der Waals surface area contributed by atoms with Crippen LogP contribution in [0.1, 0.15) is 26.7 Å². The highest BCUT2D eigenvalue weighted by molar-refractivity contribution is 5.95. The van der Waals surface area contributed by atoms with Crippen molar-refractivity contribution >= 4 is 17.6 Å². The first-order chi connectivity index (χ1) is 11.9. The van der Waals surface area contributed by atoms with Gasteiger partial charge in [-0.3, -0.25) is 19.4 Å². The zero-order chi connectivity index (χ0) is 18.4. The second-order valence-corrected chi connectivity index (χ2v) is 7.01. The van der Waals surface area contributed by atoms with Crippen molar-refractivity contribution in [2.75, 3.05) is 38.1 Å². The molecule has 1 amide bonds. The van der Waals surface area contributed by atoms with E-state index in [0.29, 0.717) is 6.54 Å². The van der Waals surface area contributed by atoms with Crippen molar-refractivity contribution in [2.45, 2.75) is 38.8 Å². The highest BCUT2D eigenvalue weighted by Gasteiger charge is 2.27. The molecule has 0 unspecified atom stereocenters. The van der Waals surface area contributed by atoms with E-state index in [1.54, 1.807) is 0 Å². The average Bonchev–Trinajstić information content (AvgIpc) is 2.55. The Balaban J connectivity index is 1.90. The number of carbonyl (C=O) groups is 2. The van der Waals surface area contributed by atoms with Crippen LogP contribution in [0.25, 0.3) is 0 Å². The summed E-state index contributed by atoms with van der Waals surface area (Å²) in [6.45, 7) is 6.17. The molecule has 6 nitrogen and oxygen atoms in total. The minimum atomic E-state index is -0.796. The molecule has 1 aliphatic heterocycles. The number of carbonyl (C=O) groups excluding carboxylic acids is 1. The second-order valence-electron chi connectivity index (χ2n) is 7.01. The van der Waals surface area contributed by atoms with E-state index in [0.717, 1.165) is 31.6 Å². The van der Waals surface area contributed by atoms with Crippen molar-refractivity contribution in [3.05, 3.63) is 30.3 Å². The van der Waals surface area contributed by atoms with Crippen molar-refractivity contribution in [3.8, 4) is 0 Å². The molecule has 1 saturated heterocycles. The van der Waals surface area contributed by atoms with E-state index in [9.17, 15) is 9.59 Å². The van der Waals surface area contributed by atoms with Crippen LogP contribution in [-0.4, -0.2) is 72.1 Å². The van der Waals surface area contributed by atoms with Crippen LogP contribution in [0.15, 0.2) is 30.3 Å². The van der Waals surface area contributed by atoms with E-state index in [1.165, 1.54) is 0 Å². The molecule has 1 aliphatic rings. The fourth-order valence-electron chi connectivity index (χ4n) is 3.45. The number of rotatable bonds is 7. The summed E-state index contributed by atoms with van der Waals surface area (Å²) in [5.74, 6) is -0.686. The predicted octanol–water partition coefficient (Wildman–Crippen LogP) is 1.91. The third-order valence-electron chi connectivity index (χ3n) is 4.74. The van der Waals surface area contributed by atoms with Gasteiger partial charge in [0.15, 0.2) is 0 Å². The maximum atomic E-state index is 12.8. The number of hydrogen-bond acceptors (Lipinski definition) is 4. The number of carboxylic acid groups (broad SMARTS) is 1. The molecule has 1 heterocycles. The zero-order valence-electron chi connectivity index (χ0n) is 15.4. The Morgan fingerprint density at radius 2 is 1.80 bits per heavy atom. The Morgan fingerprint density at radius 3 is 2.32 bits per heavy atom. The molecule has 138 valence electrons. The van der Waals surface area contributed by atoms with E-state index in [2.05, 4.69) is 4.90 Å². The number of nitrogens with zero attached hydrogens (tertiary/aromatic N) is 3. The summed E-state index contributed by atoms with van der Waals surface area (Å²) in [6.07, 6.45) is 1.79. The van der Waals surface area contributed by atoms with Crippen molar-refractivity contribution < 1.29 is 14.7 Å². The van der Waals surface area contributed by atoms with Gasteiger partial charge in [0.25, 0.3) is 0 Å². The molecule has 0 radical (unpaired) electrons. The topological polar surface area (TPSA) is 64.1 Å². The monoisotopic (exact) mass is 347 g/mol. The van der Waals surface area contributed by atoms with E-state index in [1.807, 2.05) is 61.0 Å². The van der Waals surface area contributed by atoms with Crippen LogP contribution in [0.5, 0.6) is 0 Å². The number of likely N-dealkylation sites (N-methyl/N-ethyl adjacent to an activating group) is 1. The Morgan fingerprint density at radius 1 is 1.20 bits per heavy atom. The number of piperidine rings is 1. The van der Waals surface area contributed by atoms with E-state index in [4.69, 9.17) is 5.11 Å². The normalized spacial score (nSPS) is 16.4. The lowest BCUT2D eigenvalue weighted by Gasteiger charge is -2.37. The summed E-state index contributed by atoms with van der Waals surface area (Å²) < 4.78 is 0. The van der Waals surface area contributed by atoms with Gasteiger partial charge in [-0.25, -0.2) is 0 Å². The van der Waals surface area contributed by atoms with Crippen molar-refractivity contribution in [1.29, 1.82) is 0 Å². The van der Waals surface area contributed by atoms with Crippen molar-refractivity contribution in [2.24, 2.45) is 0 Å². The summed E-state index contributed by atoms with van der Waals surface area (Å²) in [6, 6.07) is 10.1. The maximum absolute atomic E-state index is 12.8. The molecule has 1 aromatic rings. The standard InChI is InChI=1S/C19H29N3O3/c1-15(2)22(17-7-5-4-6-8-17)18(23)13-21-11-9-16(10-12-21)20(3)14-19(24)25/h4-8,15-16H,9-14H2,1-3H3,(H,24,25). The minimum absolute atomic E-state index is 0.0682. The molecular formula is C19H29N3O3. The van der Waals surface area contributed by atoms with Crippen LogP contribution in [0, 0.1) is 0 Å². The first-order valence-electron chi connectivity index (χ1n) is 8.90. The summed E-state index contributed by atoms with van der Waals surface area (Å²) in [5.41, 5.74) is 0.929. The third kappa shape index (κ3) is 5.54. The first-order valence-corrected chi connectivity index (χ1v) is 8.90. The number of anilines is 1. The van der Waals surface area contributed by atoms with E-state index < -0.39 is 5.97 Å². The SMILES string of the molecule is CC(C)N(C(=O)CN1CCC(N(C)CC(=O)O)CC1)c1ccccc1. The van der Waals surface area contributed by atoms with Crippen LogP contribution in [0.2, 0.25) is 0 Å². The van der Waals surface area contributed by atoms with Crippen LogP contribution in [-0.2, 0) is 9.59 Å². The predicted molar refractivity (Wildman–Crippen MR) is 98.8 cm³/mol. The fourth-order valence-corrected chi connectivity index (χ4v) is 3.45. The second kappa shape index (κ2) is 8.97. The van der Waals surface area contributed by atoms with Crippen LogP contribution >= 0.6 is 0 Å². The minimum Gasteiger partial charge on any atom is -0.480 e. The third-order valence-corrected chi connectivity index (χ3v) is 4.74. The van der Waals surface area contributed by atoms with Gasteiger partial charge < -0.3 is 10.0 Å². The Labute approximate surface area is 150 Å². The quantitative estimate of drug-likeness (QED) is 0.816. The number of aliphatic carboxylic acids is 1. The van der Waals surface area contributed by atoms with Gasteiger partial charge in [0.05, 0.1) is 13.1 Å². The van der Waals surface area contributed by atoms with Crippen molar-refractivity contribution in [1.82, 2.24) is 9.80 Å². The molecule has 6 heteroatoms. The summed E-state index contributed by atoms with van der Waals surface area (Å²) >= 11 is 0. The molecule has 2 rings (SSSR count). The molecule has 25 heavy (non-hydrogen) atoms.